The van der Waals surface area contributed by atoms with Crippen molar-refractivity contribution in [1.82, 2.24) is 9.97 Å². The summed E-state index contributed by atoms with van der Waals surface area (Å²) in [5.74, 6) is 0.184. The van der Waals surface area contributed by atoms with Crippen LogP contribution in [-0.4, -0.2) is 35.6 Å². The topological polar surface area (TPSA) is 96.5 Å². The predicted molar refractivity (Wildman–Crippen MR) is 145 cm³/mol. The number of aromatic nitrogens is 2. The molecule has 8 nitrogen and oxygen atoms in total. The summed E-state index contributed by atoms with van der Waals surface area (Å²) < 4.78 is 5.61. The van der Waals surface area contributed by atoms with Gasteiger partial charge in [0.05, 0.1) is 11.3 Å². The Labute approximate surface area is 212 Å². The number of carbonyl (C=O) groups excluding carboxylic acids is 2. The highest BCUT2D eigenvalue weighted by atomic mass is 28.3. The second-order valence-electron chi connectivity index (χ2n) is 10.2. The fourth-order valence-electron chi connectivity index (χ4n) is 3.87. The summed E-state index contributed by atoms with van der Waals surface area (Å²) in [7, 11) is -1.90. The van der Waals surface area contributed by atoms with E-state index in [1.165, 1.54) is 4.90 Å². The van der Waals surface area contributed by atoms with Crippen molar-refractivity contribution in [1.29, 1.82) is 0 Å². The van der Waals surface area contributed by atoms with Crippen molar-refractivity contribution < 1.29 is 14.3 Å². The molecule has 2 aromatic heterocycles. The third kappa shape index (κ3) is 5.80. The third-order valence-corrected chi connectivity index (χ3v) is 8.50. The molecule has 1 aliphatic rings. The van der Waals surface area contributed by atoms with E-state index in [1.54, 1.807) is 36.9 Å². The normalized spacial score (nSPS) is 14.1. The van der Waals surface area contributed by atoms with Crippen LogP contribution in [0.25, 0.3) is 0 Å². The Hall–Kier alpha value is -3.98. The lowest BCUT2D eigenvalue weighted by Crippen LogP contribution is -2.48. The molecule has 3 aromatic rings. The van der Waals surface area contributed by atoms with E-state index in [0.717, 1.165) is 16.4 Å². The van der Waals surface area contributed by atoms with Crippen LogP contribution < -0.4 is 20.7 Å². The van der Waals surface area contributed by atoms with Crippen LogP contribution in [0.3, 0.4) is 0 Å². The summed E-state index contributed by atoms with van der Waals surface area (Å²) in [5, 5.41) is 7.29. The third-order valence-electron chi connectivity index (χ3n) is 5.70. The van der Waals surface area contributed by atoms with Gasteiger partial charge in [-0.3, -0.25) is 14.7 Å². The van der Waals surface area contributed by atoms with Crippen LogP contribution in [-0.2, 0) is 11.3 Å². The Bertz CT molecular complexity index is 1300. The molecule has 9 heteroatoms. The van der Waals surface area contributed by atoms with E-state index < -0.39 is 19.8 Å². The molecular formula is C27H31N5O3Si. The molecule has 3 heterocycles. The molecule has 186 valence electrons. The molecule has 0 saturated heterocycles. The maximum absolute atomic E-state index is 13.2. The minimum Gasteiger partial charge on any atom is -0.443 e. The number of rotatable bonds is 5. The number of carbonyl (C=O) groups is 2. The van der Waals surface area contributed by atoms with Gasteiger partial charge in [0.25, 0.3) is 5.91 Å². The van der Waals surface area contributed by atoms with Crippen molar-refractivity contribution in [3.05, 3.63) is 84.1 Å². The lowest BCUT2D eigenvalue weighted by atomic mass is 10.2. The van der Waals surface area contributed by atoms with Crippen LogP contribution >= 0.6 is 0 Å². The van der Waals surface area contributed by atoms with Gasteiger partial charge in [0.1, 0.15) is 19.5 Å². The summed E-state index contributed by atoms with van der Waals surface area (Å²) in [5.41, 5.74) is 4.23. The van der Waals surface area contributed by atoms with Crippen LogP contribution in [0.15, 0.2) is 73.0 Å². The minimum atomic E-state index is -1.90. The fraction of sp³-hybridized carbons (Fsp3) is 0.259. The van der Waals surface area contributed by atoms with Gasteiger partial charge in [0.2, 0.25) is 0 Å². The average Bonchev–Trinajstić information content (AvgIpc) is 2.82. The predicted octanol–water partition coefficient (Wildman–Crippen LogP) is 5.06. The molecule has 1 aromatic carbocycles. The molecule has 2 N–H and O–H groups in total. The molecule has 2 amide bonds. The SMILES string of the molecule is CC(C)(C)OC(=O)N1C=C[Si](C)(C)c2ccc(NC(=O)c3cccnc3NCc3ccncc3)cc21. The van der Waals surface area contributed by atoms with Crippen LogP contribution in [0.4, 0.5) is 22.0 Å². The van der Waals surface area contributed by atoms with Crippen molar-refractivity contribution in [3.8, 4) is 0 Å². The number of pyridine rings is 2. The van der Waals surface area contributed by atoms with Gasteiger partial charge in [0, 0.05) is 37.0 Å². The molecule has 1 aliphatic heterocycles. The van der Waals surface area contributed by atoms with Gasteiger partial charge >= 0.3 is 6.09 Å². The van der Waals surface area contributed by atoms with Gasteiger partial charge in [0.15, 0.2) is 0 Å². The number of ether oxygens (including phenoxy) is 1. The maximum atomic E-state index is 13.2. The molecule has 36 heavy (non-hydrogen) atoms. The van der Waals surface area contributed by atoms with E-state index in [4.69, 9.17) is 4.74 Å². The quantitative estimate of drug-likeness (QED) is 0.474. The Morgan fingerprint density at radius 2 is 1.81 bits per heavy atom. The number of anilines is 3. The molecule has 4 rings (SSSR count). The standard InChI is InChI=1S/C27H31N5O3Si/c1-27(2,3)35-26(34)32-15-16-36(4,5)23-9-8-20(17-22(23)32)31-25(33)21-7-6-12-29-24(21)30-18-19-10-13-28-14-11-19/h6-17H,18H2,1-5H3,(H,29,30)(H,31,33). The summed E-state index contributed by atoms with van der Waals surface area (Å²) in [6.45, 7) is 10.4. The first-order valence-electron chi connectivity index (χ1n) is 11.8. The zero-order chi connectivity index (χ0) is 25.9. The first-order chi connectivity index (χ1) is 17.0. The van der Waals surface area contributed by atoms with E-state index in [2.05, 4.69) is 39.4 Å². The number of hydrogen-bond donors (Lipinski definition) is 2. The van der Waals surface area contributed by atoms with Crippen molar-refractivity contribution in [2.75, 3.05) is 15.5 Å². The second kappa shape index (κ2) is 9.94. The molecule has 0 radical (unpaired) electrons. The number of amides is 2. The largest absolute Gasteiger partial charge is 0.443 e. The molecule has 0 atom stereocenters. The zero-order valence-corrected chi connectivity index (χ0v) is 22.2. The van der Waals surface area contributed by atoms with Gasteiger partial charge < -0.3 is 15.4 Å². The van der Waals surface area contributed by atoms with Crippen LogP contribution in [0, 0.1) is 0 Å². The highest BCUT2D eigenvalue weighted by Gasteiger charge is 2.33. The van der Waals surface area contributed by atoms with E-state index in [-0.39, 0.29) is 5.91 Å². The minimum absolute atomic E-state index is 0.299. The first-order valence-corrected chi connectivity index (χ1v) is 14.9. The Morgan fingerprint density at radius 1 is 1.06 bits per heavy atom. The van der Waals surface area contributed by atoms with Gasteiger partial charge in [-0.25, -0.2) is 9.78 Å². The summed E-state index contributed by atoms with van der Waals surface area (Å²) in [6, 6.07) is 12.9. The smallest absolute Gasteiger partial charge is 0.418 e. The number of fused-ring (bicyclic) bond motifs is 1. The van der Waals surface area contributed by atoms with Crippen LogP contribution in [0.1, 0.15) is 36.7 Å². The first kappa shape index (κ1) is 25.1. The number of benzene rings is 1. The molecule has 0 aliphatic carbocycles. The number of hydrogen-bond acceptors (Lipinski definition) is 6. The molecule has 0 unspecified atom stereocenters. The van der Waals surface area contributed by atoms with Crippen LogP contribution in [0.2, 0.25) is 13.1 Å². The Balaban J connectivity index is 1.57. The summed E-state index contributed by atoms with van der Waals surface area (Å²) in [6.07, 6.45) is 6.42. The zero-order valence-electron chi connectivity index (χ0n) is 21.2. The van der Waals surface area contributed by atoms with E-state index in [9.17, 15) is 9.59 Å². The van der Waals surface area contributed by atoms with Crippen LogP contribution in [0.5, 0.6) is 0 Å². The van der Waals surface area contributed by atoms with Crippen molar-refractivity contribution in [2.24, 2.45) is 0 Å². The number of nitrogens with one attached hydrogen (secondary N) is 2. The van der Waals surface area contributed by atoms with Crippen molar-refractivity contribution in [2.45, 2.75) is 46.0 Å². The fourth-order valence-corrected chi connectivity index (χ4v) is 5.94. The monoisotopic (exact) mass is 501 g/mol. The molecule has 0 fully saturated rings. The number of nitrogens with zero attached hydrogens (tertiary/aromatic N) is 3. The van der Waals surface area contributed by atoms with E-state index >= 15 is 0 Å². The second-order valence-corrected chi connectivity index (χ2v) is 14.5. The van der Waals surface area contributed by atoms with Gasteiger partial charge in [-0.15, -0.1) is 0 Å². The Kier molecular flexibility index (Phi) is 6.94. The highest BCUT2D eigenvalue weighted by molar-refractivity contribution is 6.95. The lowest BCUT2D eigenvalue weighted by molar-refractivity contribution is 0.0596. The Morgan fingerprint density at radius 3 is 2.53 bits per heavy atom. The highest BCUT2D eigenvalue weighted by Crippen LogP contribution is 2.28. The van der Waals surface area contributed by atoms with Gasteiger partial charge in [-0.1, -0.05) is 24.9 Å². The average molecular weight is 502 g/mol. The van der Waals surface area contributed by atoms with Crippen molar-refractivity contribution >= 4 is 42.5 Å². The van der Waals surface area contributed by atoms with Crippen molar-refractivity contribution in [3.63, 3.8) is 0 Å². The molecule has 0 spiro atoms. The summed E-state index contributed by atoms with van der Waals surface area (Å²) in [4.78, 5) is 36.1. The molecular weight excluding hydrogens is 470 g/mol. The van der Waals surface area contributed by atoms with Gasteiger partial charge in [-0.2, -0.15) is 0 Å². The van der Waals surface area contributed by atoms with E-state index in [0.29, 0.717) is 23.6 Å². The van der Waals surface area contributed by atoms with E-state index in [1.807, 2.05) is 51.1 Å². The molecule has 0 saturated carbocycles. The molecule has 0 bridgehead atoms. The van der Waals surface area contributed by atoms with Gasteiger partial charge in [-0.05, 0) is 67.9 Å². The lowest BCUT2D eigenvalue weighted by Gasteiger charge is -2.34. The summed E-state index contributed by atoms with van der Waals surface area (Å²) >= 11 is 0. The maximum Gasteiger partial charge on any atom is 0.418 e.